The summed E-state index contributed by atoms with van der Waals surface area (Å²) in [4.78, 5) is 10.5. The Morgan fingerprint density at radius 1 is 1.20 bits per heavy atom. The van der Waals surface area contributed by atoms with E-state index in [2.05, 4.69) is 0 Å². The Morgan fingerprint density at radius 2 is 1.80 bits per heavy atom. The molecule has 0 bridgehead atoms. The van der Waals surface area contributed by atoms with E-state index in [1.165, 1.54) is 18.2 Å². The van der Waals surface area contributed by atoms with Crippen molar-refractivity contribution >= 4 is 5.97 Å². The molecular weight excluding hydrogens is 200 g/mol. The first-order chi connectivity index (χ1) is 6.93. The molecular formula is C9H12N2O4. The SMILES string of the molecule is NC(c1ccc(O)c(O)c1)[C@H](N)C(=O)O. The average molecular weight is 212 g/mol. The lowest BCUT2D eigenvalue weighted by atomic mass is 10.0. The zero-order valence-electron chi connectivity index (χ0n) is 7.79. The summed E-state index contributed by atoms with van der Waals surface area (Å²) in [5.41, 5.74) is 11.2. The van der Waals surface area contributed by atoms with E-state index in [0.717, 1.165) is 0 Å². The lowest BCUT2D eigenvalue weighted by Gasteiger charge is -2.16. The molecule has 0 fully saturated rings. The van der Waals surface area contributed by atoms with Gasteiger partial charge in [-0.15, -0.1) is 0 Å². The van der Waals surface area contributed by atoms with Gasteiger partial charge in [0.1, 0.15) is 6.04 Å². The molecule has 0 heterocycles. The van der Waals surface area contributed by atoms with Gasteiger partial charge in [0.2, 0.25) is 0 Å². The smallest absolute Gasteiger partial charge is 0.322 e. The van der Waals surface area contributed by atoms with Gasteiger partial charge in [0.15, 0.2) is 11.5 Å². The highest BCUT2D eigenvalue weighted by Gasteiger charge is 2.22. The van der Waals surface area contributed by atoms with Gasteiger partial charge >= 0.3 is 5.97 Å². The second-order valence-corrected chi connectivity index (χ2v) is 3.14. The van der Waals surface area contributed by atoms with Crippen molar-refractivity contribution in [3.05, 3.63) is 23.8 Å². The highest BCUT2D eigenvalue weighted by Crippen LogP contribution is 2.27. The summed E-state index contributed by atoms with van der Waals surface area (Å²) in [6, 6.07) is 1.62. The molecule has 6 heteroatoms. The number of hydrogen-bond acceptors (Lipinski definition) is 5. The van der Waals surface area contributed by atoms with Gasteiger partial charge < -0.3 is 26.8 Å². The topological polar surface area (TPSA) is 130 Å². The molecule has 1 rings (SSSR count). The Balaban J connectivity index is 2.96. The summed E-state index contributed by atoms with van der Waals surface area (Å²) >= 11 is 0. The Hall–Kier alpha value is -1.79. The van der Waals surface area contributed by atoms with Crippen molar-refractivity contribution in [2.75, 3.05) is 0 Å². The first-order valence-corrected chi connectivity index (χ1v) is 4.19. The number of hydrogen-bond donors (Lipinski definition) is 5. The maximum atomic E-state index is 10.5. The third-order valence-corrected chi connectivity index (χ3v) is 2.06. The molecule has 1 aromatic rings. The molecule has 0 spiro atoms. The lowest BCUT2D eigenvalue weighted by Crippen LogP contribution is -2.40. The average Bonchev–Trinajstić information content (AvgIpc) is 2.19. The molecule has 15 heavy (non-hydrogen) atoms. The summed E-state index contributed by atoms with van der Waals surface area (Å²) in [6.45, 7) is 0. The monoisotopic (exact) mass is 212 g/mol. The van der Waals surface area contributed by atoms with Crippen molar-refractivity contribution in [3.63, 3.8) is 0 Å². The molecule has 82 valence electrons. The number of carbonyl (C=O) groups is 1. The quantitative estimate of drug-likeness (QED) is 0.430. The normalized spacial score (nSPS) is 14.5. The maximum Gasteiger partial charge on any atom is 0.322 e. The van der Waals surface area contributed by atoms with Crippen molar-refractivity contribution in [1.82, 2.24) is 0 Å². The maximum absolute atomic E-state index is 10.5. The molecule has 6 nitrogen and oxygen atoms in total. The van der Waals surface area contributed by atoms with E-state index in [-0.39, 0.29) is 11.5 Å². The Kier molecular flexibility index (Phi) is 3.13. The van der Waals surface area contributed by atoms with Gasteiger partial charge in [0, 0.05) is 0 Å². The van der Waals surface area contributed by atoms with Crippen LogP contribution in [0.2, 0.25) is 0 Å². The predicted octanol–water partition coefficient (Wildman–Crippen LogP) is -0.491. The molecule has 0 aliphatic heterocycles. The van der Waals surface area contributed by atoms with Crippen LogP contribution in [0.4, 0.5) is 0 Å². The molecule has 1 aromatic carbocycles. The predicted molar refractivity (Wildman–Crippen MR) is 52.3 cm³/mol. The van der Waals surface area contributed by atoms with Crippen LogP contribution < -0.4 is 11.5 Å². The Bertz CT molecular complexity index is 380. The minimum atomic E-state index is -1.26. The second kappa shape index (κ2) is 4.16. The van der Waals surface area contributed by atoms with E-state index < -0.39 is 18.1 Å². The standard InChI is InChI=1S/C9H12N2O4/c10-7(8(11)9(14)15)4-1-2-5(12)6(13)3-4/h1-3,7-8,12-13H,10-11H2,(H,14,15)/t7?,8-/m0/s1. The number of aliphatic carboxylic acids is 1. The summed E-state index contributed by atoms with van der Waals surface area (Å²) in [5.74, 6) is -1.88. The van der Waals surface area contributed by atoms with Crippen molar-refractivity contribution in [3.8, 4) is 11.5 Å². The van der Waals surface area contributed by atoms with Gasteiger partial charge in [-0.3, -0.25) is 4.79 Å². The van der Waals surface area contributed by atoms with Gasteiger partial charge in [0.25, 0.3) is 0 Å². The Labute approximate surface area is 85.8 Å². The molecule has 0 aliphatic rings. The first kappa shape index (κ1) is 11.3. The van der Waals surface area contributed by atoms with E-state index in [1.807, 2.05) is 0 Å². The largest absolute Gasteiger partial charge is 0.504 e. The molecule has 0 saturated heterocycles. The molecule has 7 N–H and O–H groups in total. The van der Waals surface area contributed by atoms with Crippen molar-refractivity contribution in [2.24, 2.45) is 11.5 Å². The zero-order valence-corrected chi connectivity index (χ0v) is 7.79. The second-order valence-electron chi connectivity index (χ2n) is 3.14. The van der Waals surface area contributed by atoms with E-state index in [4.69, 9.17) is 21.7 Å². The van der Waals surface area contributed by atoms with Crippen molar-refractivity contribution < 1.29 is 20.1 Å². The number of rotatable bonds is 3. The number of aromatic hydroxyl groups is 2. The number of phenolic OH excluding ortho intramolecular Hbond substituents is 2. The van der Waals surface area contributed by atoms with E-state index in [9.17, 15) is 9.90 Å². The van der Waals surface area contributed by atoms with Gasteiger partial charge in [-0.25, -0.2) is 0 Å². The molecule has 0 saturated carbocycles. The van der Waals surface area contributed by atoms with Crippen LogP contribution in [-0.2, 0) is 4.79 Å². The first-order valence-electron chi connectivity index (χ1n) is 4.19. The Morgan fingerprint density at radius 3 is 2.27 bits per heavy atom. The van der Waals surface area contributed by atoms with Crippen molar-refractivity contribution in [1.29, 1.82) is 0 Å². The molecule has 0 amide bonds. The number of carboxylic acid groups (broad SMARTS) is 1. The van der Waals surface area contributed by atoms with E-state index in [1.54, 1.807) is 0 Å². The number of nitrogens with two attached hydrogens (primary N) is 2. The van der Waals surface area contributed by atoms with Crippen LogP contribution in [0.1, 0.15) is 11.6 Å². The third-order valence-electron chi connectivity index (χ3n) is 2.06. The van der Waals surface area contributed by atoms with Crippen LogP contribution >= 0.6 is 0 Å². The molecule has 1 unspecified atom stereocenters. The summed E-state index contributed by atoms with van der Waals surface area (Å²) in [5, 5.41) is 26.8. The molecule has 2 atom stereocenters. The van der Waals surface area contributed by atoms with Crippen LogP contribution in [0.5, 0.6) is 11.5 Å². The third kappa shape index (κ3) is 2.36. The van der Waals surface area contributed by atoms with E-state index >= 15 is 0 Å². The minimum Gasteiger partial charge on any atom is -0.504 e. The fourth-order valence-corrected chi connectivity index (χ4v) is 1.11. The fourth-order valence-electron chi connectivity index (χ4n) is 1.11. The van der Waals surface area contributed by atoms with Gasteiger partial charge in [-0.05, 0) is 17.7 Å². The van der Waals surface area contributed by atoms with Crippen molar-refractivity contribution in [2.45, 2.75) is 12.1 Å². The molecule has 0 aliphatic carbocycles. The molecule has 0 aromatic heterocycles. The highest BCUT2D eigenvalue weighted by molar-refractivity contribution is 5.74. The zero-order chi connectivity index (χ0) is 11.6. The van der Waals surface area contributed by atoms with Crippen LogP contribution in [0.15, 0.2) is 18.2 Å². The van der Waals surface area contributed by atoms with Crippen LogP contribution in [-0.4, -0.2) is 27.3 Å². The van der Waals surface area contributed by atoms with Crippen LogP contribution in [0.3, 0.4) is 0 Å². The van der Waals surface area contributed by atoms with Gasteiger partial charge in [0.05, 0.1) is 6.04 Å². The van der Waals surface area contributed by atoms with Crippen LogP contribution in [0, 0.1) is 0 Å². The fraction of sp³-hybridized carbons (Fsp3) is 0.222. The summed E-state index contributed by atoms with van der Waals surface area (Å²) in [6.07, 6.45) is 0. The van der Waals surface area contributed by atoms with Gasteiger partial charge in [-0.2, -0.15) is 0 Å². The van der Waals surface area contributed by atoms with Crippen LogP contribution in [0.25, 0.3) is 0 Å². The highest BCUT2D eigenvalue weighted by atomic mass is 16.4. The minimum absolute atomic E-state index is 0.296. The number of phenols is 2. The number of benzene rings is 1. The lowest BCUT2D eigenvalue weighted by molar-refractivity contribution is -0.139. The number of carboxylic acids is 1. The summed E-state index contributed by atoms with van der Waals surface area (Å²) < 4.78 is 0. The summed E-state index contributed by atoms with van der Waals surface area (Å²) in [7, 11) is 0. The molecule has 0 radical (unpaired) electrons. The van der Waals surface area contributed by atoms with Gasteiger partial charge in [-0.1, -0.05) is 6.07 Å². The van der Waals surface area contributed by atoms with E-state index in [0.29, 0.717) is 5.56 Å².